The Balaban J connectivity index is 1.61. The molecule has 0 saturated carbocycles. The number of H-pyrrole nitrogens is 1. The van der Waals surface area contributed by atoms with Gasteiger partial charge in [-0.1, -0.05) is 32.9 Å². The largest absolute Gasteiger partial charge is 0.327 e. The Hall–Kier alpha value is -3.26. The van der Waals surface area contributed by atoms with Crippen LogP contribution in [0.2, 0.25) is 0 Å². The predicted molar refractivity (Wildman–Crippen MR) is 118 cm³/mol. The van der Waals surface area contributed by atoms with Gasteiger partial charge in [-0.05, 0) is 36.4 Å². The number of para-hydroxylation sites is 2. The van der Waals surface area contributed by atoms with Gasteiger partial charge in [-0.2, -0.15) is 5.10 Å². The average molecular weight is 407 g/mol. The fourth-order valence-corrected chi connectivity index (χ4v) is 3.04. The third-order valence-corrected chi connectivity index (χ3v) is 4.73. The molecule has 8 heteroatoms. The second-order valence-corrected chi connectivity index (χ2v) is 8.29. The van der Waals surface area contributed by atoms with E-state index in [9.17, 15) is 4.79 Å². The number of hydrogen-bond acceptors (Lipinski definition) is 4. The molecular weight excluding hydrogens is 384 g/mol. The molecule has 0 bridgehead atoms. The number of imidazole rings is 1. The summed E-state index contributed by atoms with van der Waals surface area (Å²) < 4.78 is 1.71. The molecule has 148 valence electrons. The average Bonchev–Trinajstić information content (AvgIpc) is 3.25. The highest BCUT2D eigenvalue weighted by atomic mass is 32.1. The van der Waals surface area contributed by atoms with Crippen LogP contribution in [0.5, 0.6) is 0 Å². The van der Waals surface area contributed by atoms with Crippen molar-refractivity contribution in [2.45, 2.75) is 31.1 Å². The van der Waals surface area contributed by atoms with Crippen molar-refractivity contribution < 1.29 is 4.79 Å². The van der Waals surface area contributed by atoms with E-state index in [0.717, 1.165) is 27.3 Å². The Labute approximate surface area is 174 Å². The summed E-state index contributed by atoms with van der Waals surface area (Å²) in [5, 5.41) is 10.3. The highest BCUT2D eigenvalue weighted by Crippen LogP contribution is 2.27. The van der Waals surface area contributed by atoms with E-state index >= 15 is 0 Å². The predicted octanol–water partition coefficient (Wildman–Crippen LogP) is 4.98. The Morgan fingerprint density at radius 3 is 2.48 bits per heavy atom. The molecule has 4 rings (SSSR count). The third-order valence-electron chi connectivity index (χ3n) is 4.43. The zero-order valence-electron chi connectivity index (χ0n) is 16.4. The number of fused-ring (bicyclic) bond motifs is 1. The molecule has 0 radical (unpaired) electrons. The SMILES string of the molecule is CC(C)(C)c1cc(NC(=O)Nc2nc3ccccc3[nH]2)n(-c2ccc(S)cc2)n1. The summed E-state index contributed by atoms with van der Waals surface area (Å²) in [6, 6.07) is 16.6. The van der Waals surface area contributed by atoms with Gasteiger partial charge in [0, 0.05) is 16.4 Å². The van der Waals surface area contributed by atoms with E-state index in [0.29, 0.717) is 11.8 Å². The standard InChI is InChI=1S/C21H22N6OS/c1-21(2,3)17-12-18(27(26-17)13-8-10-14(29)11-9-13)24-20(28)25-19-22-15-6-4-5-7-16(15)23-19/h4-12,29H,1-3H3,(H3,22,23,24,25,28). The van der Waals surface area contributed by atoms with E-state index in [-0.39, 0.29) is 5.41 Å². The van der Waals surface area contributed by atoms with Gasteiger partial charge in [0.1, 0.15) is 5.82 Å². The summed E-state index contributed by atoms with van der Waals surface area (Å²) in [5.41, 5.74) is 3.17. The van der Waals surface area contributed by atoms with Crippen LogP contribution in [0.4, 0.5) is 16.6 Å². The van der Waals surface area contributed by atoms with Crippen LogP contribution in [0.3, 0.4) is 0 Å². The van der Waals surface area contributed by atoms with Crippen molar-refractivity contribution in [3.8, 4) is 5.69 Å². The molecule has 0 spiro atoms. The van der Waals surface area contributed by atoms with Gasteiger partial charge in [-0.25, -0.2) is 14.5 Å². The Morgan fingerprint density at radius 1 is 1.07 bits per heavy atom. The summed E-state index contributed by atoms with van der Waals surface area (Å²) >= 11 is 4.33. The van der Waals surface area contributed by atoms with E-state index in [1.807, 2.05) is 54.6 Å². The zero-order valence-corrected chi connectivity index (χ0v) is 17.3. The smallest absolute Gasteiger partial charge is 0.324 e. The number of aromatic nitrogens is 4. The van der Waals surface area contributed by atoms with Crippen LogP contribution in [0.1, 0.15) is 26.5 Å². The van der Waals surface area contributed by atoms with Gasteiger partial charge >= 0.3 is 6.03 Å². The van der Waals surface area contributed by atoms with Crippen molar-refractivity contribution >= 4 is 41.5 Å². The normalized spacial score (nSPS) is 11.6. The number of benzene rings is 2. The molecule has 0 atom stereocenters. The van der Waals surface area contributed by atoms with Crippen LogP contribution in [-0.4, -0.2) is 25.8 Å². The van der Waals surface area contributed by atoms with E-state index in [1.54, 1.807) is 4.68 Å². The Bertz CT molecular complexity index is 1140. The van der Waals surface area contributed by atoms with Crippen molar-refractivity contribution in [2.75, 3.05) is 10.6 Å². The maximum atomic E-state index is 12.6. The summed E-state index contributed by atoms with van der Waals surface area (Å²) in [4.78, 5) is 20.9. The lowest BCUT2D eigenvalue weighted by atomic mass is 9.92. The van der Waals surface area contributed by atoms with Crippen molar-refractivity contribution in [3.05, 3.63) is 60.3 Å². The van der Waals surface area contributed by atoms with Gasteiger partial charge in [-0.15, -0.1) is 12.6 Å². The highest BCUT2D eigenvalue weighted by molar-refractivity contribution is 7.80. The number of nitrogens with one attached hydrogen (secondary N) is 3. The Kier molecular flexibility index (Phi) is 4.79. The van der Waals surface area contributed by atoms with Crippen molar-refractivity contribution in [1.29, 1.82) is 0 Å². The third kappa shape index (κ3) is 4.12. The number of carbonyl (C=O) groups is 1. The molecule has 0 saturated heterocycles. The minimum atomic E-state index is -0.406. The number of amides is 2. The molecule has 0 unspecified atom stereocenters. The topological polar surface area (TPSA) is 87.6 Å². The first-order valence-electron chi connectivity index (χ1n) is 9.22. The molecule has 2 heterocycles. The van der Waals surface area contributed by atoms with Crippen molar-refractivity contribution in [1.82, 2.24) is 19.7 Å². The maximum Gasteiger partial charge on any atom is 0.327 e. The molecule has 0 aliphatic rings. The summed E-state index contributed by atoms with van der Waals surface area (Å²) in [6.07, 6.45) is 0. The molecule has 3 N–H and O–H groups in total. The molecule has 2 aromatic carbocycles. The lowest BCUT2D eigenvalue weighted by Crippen LogP contribution is -2.22. The summed E-state index contributed by atoms with van der Waals surface area (Å²) in [6.45, 7) is 6.23. The van der Waals surface area contributed by atoms with Gasteiger partial charge in [0.2, 0.25) is 5.95 Å². The van der Waals surface area contributed by atoms with Gasteiger partial charge in [0.05, 0.1) is 22.4 Å². The van der Waals surface area contributed by atoms with Crippen LogP contribution in [0.25, 0.3) is 16.7 Å². The number of urea groups is 1. The number of hydrogen-bond donors (Lipinski definition) is 4. The first-order valence-corrected chi connectivity index (χ1v) is 9.67. The van der Waals surface area contributed by atoms with Gasteiger partial charge < -0.3 is 4.98 Å². The number of carbonyl (C=O) groups excluding carboxylic acids is 1. The van der Waals surface area contributed by atoms with E-state index in [4.69, 9.17) is 5.10 Å². The second-order valence-electron chi connectivity index (χ2n) is 7.77. The first-order chi connectivity index (χ1) is 13.8. The minimum Gasteiger partial charge on any atom is -0.324 e. The highest BCUT2D eigenvalue weighted by Gasteiger charge is 2.21. The lowest BCUT2D eigenvalue weighted by molar-refractivity contribution is 0.262. The lowest BCUT2D eigenvalue weighted by Gasteiger charge is -2.14. The van der Waals surface area contributed by atoms with E-state index in [2.05, 4.69) is 54.0 Å². The molecular formula is C21H22N6OS. The number of rotatable bonds is 3. The maximum absolute atomic E-state index is 12.6. The number of anilines is 2. The zero-order chi connectivity index (χ0) is 20.6. The number of thiol groups is 1. The van der Waals surface area contributed by atoms with E-state index < -0.39 is 6.03 Å². The van der Waals surface area contributed by atoms with Crippen molar-refractivity contribution in [2.24, 2.45) is 0 Å². The van der Waals surface area contributed by atoms with Crippen LogP contribution in [0, 0.1) is 0 Å². The fourth-order valence-electron chi connectivity index (χ4n) is 2.89. The monoisotopic (exact) mass is 406 g/mol. The van der Waals surface area contributed by atoms with Gasteiger partial charge in [-0.3, -0.25) is 10.6 Å². The van der Waals surface area contributed by atoms with Gasteiger partial charge in [0.25, 0.3) is 0 Å². The molecule has 4 aromatic rings. The molecule has 0 fully saturated rings. The summed E-state index contributed by atoms with van der Waals surface area (Å²) in [5.74, 6) is 0.945. The fraction of sp³-hybridized carbons (Fsp3) is 0.190. The van der Waals surface area contributed by atoms with Crippen LogP contribution >= 0.6 is 12.6 Å². The molecule has 0 aliphatic carbocycles. The molecule has 29 heavy (non-hydrogen) atoms. The number of nitrogens with zero attached hydrogens (tertiary/aromatic N) is 3. The van der Waals surface area contributed by atoms with Crippen LogP contribution in [0.15, 0.2) is 59.5 Å². The van der Waals surface area contributed by atoms with Crippen molar-refractivity contribution in [3.63, 3.8) is 0 Å². The van der Waals surface area contributed by atoms with Crippen LogP contribution in [-0.2, 0) is 5.41 Å². The summed E-state index contributed by atoms with van der Waals surface area (Å²) in [7, 11) is 0. The molecule has 2 aromatic heterocycles. The van der Waals surface area contributed by atoms with E-state index in [1.165, 1.54) is 0 Å². The molecule has 7 nitrogen and oxygen atoms in total. The second kappa shape index (κ2) is 7.29. The quantitative estimate of drug-likeness (QED) is 0.362. The Morgan fingerprint density at radius 2 is 1.79 bits per heavy atom. The molecule has 0 aliphatic heterocycles. The number of aromatic amines is 1. The minimum absolute atomic E-state index is 0.166. The molecule has 2 amide bonds. The van der Waals surface area contributed by atoms with Crippen LogP contribution < -0.4 is 10.6 Å². The first kappa shape index (κ1) is 19.1. The van der Waals surface area contributed by atoms with Gasteiger partial charge in [0.15, 0.2) is 0 Å².